The van der Waals surface area contributed by atoms with Crippen LogP contribution in [-0.4, -0.2) is 46.5 Å². The molecule has 3 heterocycles. The number of fused-ring (bicyclic) bond motifs is 2. The van der Waals surface area contributed by atoms with Crippen molar-refractivity contribution in [1.82, 2.24) is 9.97 Å². The third kappa shape index (κ3) is 3.37. The topological polar surface area (TPSA) is 160 Å². The summed E-state index contributed by atoms with van der Waals surface area (Å²) >= 11 is 12.7. The van der Waals surface area contributed by atoms with Crippen molar-refractivity contribution in [3.05, 3.63) is 83.1 Å². The van der Waals surface area contributed by atoms with Crippen molar-refractivity contribution < 1.29 is 28.9 Å². The fourth-order valence-corrected chi connectivity index (χ4v) is 6.27. The summed E-state index contributed by atoms with van der Waals surface area (Å²) in [6.45, 7) is 1.69. The van der Waals surface area contributed by atoms with Gasteiger partial charge in [0.15, 0.2) is 5.75 Å². The molecule has 2 aromatic carbocycles. The van der Waals surface area contributed by atoms with Gasteiger partial charge in [-0.2, -0.15) is 0 Å². The van der Waals surface area contributed by atoms with Crippen LogP contribution in [0.4, 0.5) is 5.82 Å². The minimum Gasteiger partial charge on any atom is -0.506 e. The van der Waals surface area contributed by atoms with Gasteiger partial charge in [-0.25, -0.2) is 4.79 Å². The molecule has 2 aliphatic heterocycles. The predicted molar refractivity (Wildman–Crippen MR) is 144 cm³/mol. The number of phenolic OH excluding ortho intramolecular Hbond substituents is 1. The molecule has 0 radical (unpaired) electrons. The van der Waals surface area contributed by atoms with Gasteiger partial charge in [-0.15, -0.1) is 0 Å². The van der Waals surface area contributed by atoms with Crippen LogP contribution in [0.5, 0.6) is 23.0 Å². The van der Waals surface area contributed by atoms with Crippen molar-refractivity contribution in [2.45, 2.75) is 24.9 Å². The van der Waals surface area contributed by atoms with E-state index in [9.17, 15) is 24.3 Å². The number of methoxy groups -OCH3 is 2. The van der Waals surface area contributed by atoms with Crippen LogP contribution in [0.15, 0.2) is 45.1 Å². The number of phenols is 1. The average Bonchev–Trinajstić information content (AvgIpc) is 3.23. The normalized spacial score (nSPS) is 22.8. The molecule has 13 heteroatoms. The Bertz CT molecular complexity index is 1810. The van der Waals surface area contributed by atoms with E-state index in [1.165, 1.54) is 38.5 Å². The number of halogens is 2. The van der Waals surface area contributed by atoms with E-state index < -0.39 is 40.3 Å². The highest BCUT2D eigenvalue weighted by Crippen LogP contribution is 2.56. The Morgan fingerprint density at radius 2 is 1.75 bits per heavy atom. The number of aromatic nitrogens is 2. The zero-order valence-corrected chi connectivity index (χ0v) is 22.7. The van der Waals surface area contributed by atoms with Crippen LogP contribution in [0.25, 0.3) is 0 Å². The van der Waals surface area contributed by atoms with E-state index in [2.05, 4.69) is 15.3 Å². The van der Waals surface area contributed by atoms with E-state index in [-0.39, 0.29) is 62.0 Å². The highest BCUT2D eigenvalue weighted by atomic mass is 35.5. The predicted octanol–water partition coefficient (Wildman–Crippen LogP) is 3.53. The molecule has 6 rings (SSSR count). The molecule has 0 amide bonds. The molecule has 0 saturated heterocycles. The van der Waals surface area contributed by atoms with Crippen molar-refractivity contribution in [3.63, 3.8) is 0 Å². The van der Waals surface area contributed by atoms with Gasteiger partial charge in [-0.05, 0) is 24.1 Å². The standard InChI is InChI=1S/C27H21Cl2N3O8/c1-9-6-12-17(22(34)27(9)23(35)18-14(38-2)8-15(39-3)20(29)21(18)40-27)16(10-4-5-13(33)11(28)7-10)19-24(30-12)31-26(37)32-25(19)36/h4-5,7-9,16,33H,6H2,1-3H3,(H3,30,31,32,36,37). The van der Waals surface area contributed by atoms with Gasteiger partial charge in [0.05, 0.1) is 24.8 Å². The number of anilines is 1. The van der Waals surface area contributed by atoms with E-state index in [1.54, 1.807) is 6.92 Å². The monoisotopic (exact) mass is 585 g/mol. The van der Waals surface area contributed by atoms with Crippen molar-refractivity contribution in [2.75, 3.05) is 19.5 Å². The molecule has 206 valence electrons. The number of ketones is 2. The third-order valence-electron chi connectivity index (χ3n) is 7.67. The first kappa shape index (κ1) is 26.0. The Labute approximate surface area is 235 Å². The lowest BCUT2D eigenvalue weighted by Crippen LogP contribution is -2.58. The van der Waals surface area contributed by atoms with E-state index >= 15 is 0 Å². The quantitative estimate of drug-likeness (QED) is 0.337. The van der Waals surface area contributed by atoms with E-state index in [4.69, 9.17) is 37.4 Å². The lowest BCUT2D eigenvalue weighted by Gasteiger charge is -2.42. The number of aromatic hydroxyl groups is 1. The molecule has 1 spiro atoms. The molecular weight excluding hydrogens is 565 g/mol. The average molecular weight is 586 g/mol. The number of allylic oxidation sites excluding steroid dienone is 1. The summed E-state index contributed by atoms with van der Waals surface area (Å²) in [6.07, 6.45) is 0.133. The fourth-order valence-electron chi connectivity index (χ4n) is 5.82. The number of aromatic amines is 2. The number of benzene rings is 2. The fraction of sp³-hybridized carbons (Fsp3) is 0.259. The number of carbonyl (C=O) groups is 2. The second kappa shape index (κ2) is 8.90. The van der Waals surface area contributed by atoms with Gasteiger partial charge in [0.2, 0.25) is 17.2 Å². The van der Waals surface area contributed by atoms with E-state index in [1.807, 2.05) is 0 Å². The summed E-state index contributed by atoms with van der Waals surface area (Å²) in [4.78, 5) is 58.8. The zero-order chi connectivity index (χ0) is 28.7. The SMILES string of the molecule is COc1cc(OC)c2c(c1Cl)OC1(C(=O)C3=C(CC1C)Nc1[nH]c(=O)[nH]c(=O)c1C3c1ccc(O)c(Cl)c1)C2=O. The summed E-state index contributed by atoms with van der Waals surface area (Å²) in [5.41, 5.74) is -2.64. The molecular formula is C27H21Cl2N3O8. The molecule has 3 aliphatic rings. The van der Waals surface area contributed by atoms with E-state index in [0.29, 0.717) is 11.3 Å². The number of H-pyrrole nitrogens is 2. The Morgan fingerprint density at radius 3 is 2.42 bits per heavy atom. The van der Waals surface area contributed by atoms with Crippen LogP contribution >= 0.6 is 23.2 Å². The summed E-state index contributed by atoms with van der Waals surface area (Å²) in [7, 11) is 2.76. The molecule has 0 saturated carbocycles. The molecule has 40 heavy (non-hydrogen) atoms. The maximum atomic E-state index is 14.6. The van der Waals surface area contributed by atoms with Crippen molar-refractivity contribution >= 4 is 40.6 Å². The third-order valence-corrected chi connectivity index (χ3v) is 8.33. The molecule has 3 atom stereocenters. The van der Waals surface area contributed by atoms with Crippen LogP contribution in [0, 0.1) is 5.92 Å². The number of hydrogen-bond donors (Lipinski definition) is 4. The number of carbonyl (C=O) groups excluding carboxylic acids is 2. The van der Waals surface area contributed by atoms with Gasteiger partial charge in [-0.3, -0.25) is 24.4 Å². The Kier molecular flexibility index (Phi) is 5.79. The second-order valence-corrected chi connectivity index (χ2v) is 10.5. The van der Waals surface area contributed by atoms with Gasteiger partial charge >= 0.3 is 5.69 Å². The Morgan fingerprint density at radius 1 is 1.02 bits per heavy atom. The first-order valence-electron chi connectivity index (χ1n) is 12.1. The lowest BCUT2D eigenvalue weighted by atomic mass is 9.66. The van der Waals surface area contributed by atoms with Crippen molar-refractivity contribution in [3.8, 4) is 23.0 Å². The van der Waals surface area contributed by atoms with Gasteiger partial charge in [0, 0.05) is 29.2 Å². The number of Topliss-reactive ketones (excluding diaryl/α,β-unsaturated/α-hetero) is 2. The van der Waals surface area contributed by atoms with Gasteiger partial charge in [-0.1, -0.05) is 36.2 Å². The minimum atomic E-state index is -2.03. The van der Waals surface area contributed by atoms with Crippen LogP contribution in [0.2, 0.25) is 10.0 Å². The zero-order valence-electron chi connectivity index (χ0n) is 21.2. The lowest BCUT2D eigenvalue weighted by molar-refractivity contribution is -0.130. The molecule has 0 fully saturated rings. The number of hydrogen-bond acceptors (Lipinski definition) is 9. The maximum Gasteiger partial charge on any atom is 0.327 e. The summed E-state index contributed by atoms with van der Waals surface area (Å²) in [5, 5.41) is 13.0. The molecule has 4 N–H and O–H groups in total. The van der Waals surface area contributed by atoms with Crippen molar-refractivity contribution in [1.29, 1.82) is 0 Å². The van der Waals surface area contributed by atoms with Crippen LogP contribution < -0.4 is 30.8 Å². The molecule has 1 aromatic heterocycles. The first-order valence-corrected chi connectivity index (χ1v) is 12.9. The molecule has 0 bridgehead atoms. The minimum absolute atomic E-state index is 0.00584. The molecule has 11 nitrogen and oxygen atoms in total. The highest BCUT2D eigenvalue weighted by molar-refractivity contribution is 6.36. The van der Waals surface area contributed by atoms with Gasteiger partial charge in [0.25, 0.3) is 5.56 Å². The number of ether oxygens (including phenoxy) is 3. The number of nitrogens with one attached hydrogen (secondary N) is 3. The smallest absolute Gasteiger partial charge is 0.327 e. The van der Waals surface area contributed by atoms with Gasteiger partial charge < -0.3 is 24.6 Å². The molecule has 3 unspecified atom stereocenters. The second-order valence-electron chi connectivity index (χ2n) is 9.76. The maximum absolute atomic E-state index is 14.6. The Hall–Kier alpha value is -4.22. The van der Waals surface area contributed by atoms with Gasteiger partial charge in [0.1, 0.15) is 33.7 Å². The van der Waals surface area contributed by atoms with Crippen LogP contribution in [-0.2, 0) is 4.79 Å². The first-order chi connectivity index (χ1) is 19.0. The summed E-state index contributed by atoms with van der Waals surface area (Å²) in [6, 6.07) is 5.69. The van der Waals surface area contributed by atoms with Crippen molar-refractivity contribution in [2.24, 2.45) is 5.92 Å². The summed E-state index contributed by atoms with van der Waals surface area (Å²) < 4.78 is 17.0. The van der Waals surface area contributed by atoms with E-state index in [0.717, 1.165) is 0 Å². The van der Waals surface area contributed by atoms with Crippen LogP contribution in [0.3, 0.4) is 0 Å². The Balaban J connectivity index is 1.59. The number of rotatable bonds is 3. The molecule has 1 aliphatic carbocycles. The summed E-state index contributed by atoms with van der Waals surface area (Å²) in [5.74, 6) is -2.94. The molecule has 3 aromatic rings. The largest absolute Gasteiger partial charge is 0.506 e. The van der Waals surface area contributed by atoms with Crippen LogP contribution in [0.1, 0.15) is 40.7 Å². The highest BCUT2D eigenvalue weighted by Gasteiger charge is 2.63.